The molecule has 0 amide bonds. The van der Waals surface area contributed by atoms with E-state index in [1.807, 2.05) is 13.8 Å². The highest BCUT2D eigenvalue weighted by molar-refractivity contribution is 6.01. The molecular formula is C32H54O3. The summed E-state index contributed by atoms with van der Waals surface area (Å²) in [5, 5.41) is 0. The van der Waals surface area contributed by atoms with E-state index in [-0.39, 0.29) is 35.6 Å². The fourth-order valence-corrected chi connectivity index (χ4v) is 5.52. The number of hydrogen-bond acceptors (Lipinski definition) is 3. The lowest BCUT2D eigenvalue weighted by Crippen LogP contribution is -2.30. The van der Waals surface area contributed by atoms with Gasteiger partial charge in [-0.3, -0.25) is 14.4 Å². The lowest BCUT2D eigenvalue weighted by atomic mass is 9.71. The first-order valence-corrected chi connectivity index (χ1v) is 14.3. The number of fused-ring (bicyclic) bond motifs is 1. The number of rotatable bonds is 11. The Hall–Kier alpha value is -1.77. The molecule has 0 aliphatic heterocycles. The van der Waals surface area contributed by atoms with Crippen LogP contribution in [0.4, 0.5) is 0 Å². The van der Waals surface area contributed by atoms with E-state index in [2.05, 4.69) is 54.5 Å². The van der Waals surface area contributed by atoms with Crippen LogP contribution in [0.5, 0.6) is 0 Å². The highest BCUT2D eigenvalue weighted by Gasteiger charge is 2.34. The van der Waals surface area contributed by atoms with Crippen molar-refractivity contribution in [3.8, 4) is 0 Å². The lowest BCUT2D eigenvalue weighted by molar-refractivity contribution is -0.129. The van der Waals surface area contributed by atoms with Crippen molar-refractivity contribution in [2.75, 3.05) is 0 Å². The largest absolute Gasteiger partial charge is 0.300 e. The summed E-state index contributed by atoms with van der Waals surface area (Å²) in [6, 6.07) is 2.28. The molecule has 3 nitrogen and oxygen atoms in total. The average molecular weight is 487 g/mol. The molecule has 0 aromatic heterocycles. The second kappa shape index (κ2) is 17.6. The second-order valence-corrected chi connectivity index (χ2v) is 10.1. The van der Waals surface area contributed by atoms with Crippen LogP contribution in [0.25, 0.3) is 0 Å². The Balaban J connectivity index is 0.00000214. The van der Waals surface area contributed by atoms with E-state index >= 15 is 0 Å². The van der Waals surface area contributed by atoms with Gasteiger partial charge in [-0.25, -0.2) is 0 Å². The van der Waals surface area contributed by atoms with E-state index in [0.29, 0.717) is 12.3 Å². The monoisotopic (exact) mass is 486 g/mol. The van der Waals surface area contributed by atoms with Gasteiger partial charge in [-0.15, -0.1) is 0 Å². The predicted molar refractivity (Wildman–Crippen MR) is 150 cm³/mol. The quantitative estimate of drug-likeness (QED) is 0.294. The van der Waals surface area contributed by atoms with Crippen molar-refractivity contribution in [2.24, 2.45) is 17.8 Å². The van der Waals surface area contributed by atoms with E-state index in [1.165, 1.54) is 30.0 Å². The van der Waals surface area contributed by atoms with Gasteiger partial charge < -0.3 is 0 Å². The summed E-state index contributed by atoms with van der Waals surface area (Å²) in [5.41, 5.74) is 5.93. The Morgan fingerprint density at radius 3 is 2.09 bits per heavy atom. The third-order valence-corrected chi connectivity index (χ3v) is 6.95. The Morgan fingerprint density at radius 2 is 1.60 bits per heavy atom. The first kappa shape index (κ1) is 33.2. The molecule has 2 rings (SSSR count). The molecule has 0 saturated heterocycles. The maximum Gasteiger partial charge on any atom is 0.163 e. The first-order chi connectivity index (χ1) is 16.6. The maximum absolute atomic E-state index is 13.2. The van der Waals surface area contributed by atoms with Gasteiger partial charge in [0, 0.05) is 17.9 Å². The Labute approximate surface area is 216 Å². The zero-order valence-electron chi connectivity index (χ0n) is 24.6. The minimum atomic E-state index is -0.0692. The summed E-state index contributed by atoms with van der Waals surface area (Å²) in [6.07, 6.45) is 8.58. The summed E-state index contributed by atoms with van der Waals surface area (Å²) in [5.74, 6) is 0.791. The van der Waals surface area contributed by atoms with E-state index < -0.39 is 0 Å². The topological polar surface area (TPSA) is 51.2 Å². The van der Waals surface area contributed by atoms with Gasteiger partial charge in [-0.1, -0.05) is 80.2 Å². The van der Waals surface area contributed by atoms with Crippen molar-refractivity contribution in [3.05, 3.63) is 33.9 Å². The van der Waals surface area contributed by atoms with Crippen molar-refractivity contribution in [1.29, 1.82) is 0 Å². The first-order valence-electron chi connectivity index (χ1n) is 14.3. The van der Waals surface area contributed by atoms with Crippen LogP contribution in [0.15, 0.2) is 6.07 Å². The number of Topliss-reactive ketones (excluding diaryl/α,β-unsaturated/α-hetero) is 3. The minimum absolute atomic E-state index is 0.0459. The molecule has 3 heteroatoms. The van der Waals surface area contributed by atoms with Crippen LogP contribution in [-0.2, 0) is 22.4 Å². The predicted octanol–water partition coefficient (Wildman–Crippen LogP) is 8.82. The van der Waals surface area contributed by atoms with Gasteiger partial charge in [-0.05, 0) is 80.5 Å². The number of carbonyl (C=O) groups excluding carboxylic acids is 3. The lowest BCUT2D eigenvalue weighted by Gasteiger charge is -2.33. The summed E-state index contributed by atoms with van der Waals surface area (Å²) in [7, 11) is 0. The minimum Gasteiger partial charge on any atom is -0.300 e. The molecule has 1 aromatic rings. The van der Waals surface area contributed by atoms with Crippen molar-refractivity contribution in [1.82, 2.24) is 0 Å². The summed E-state index contributed by atoms with van der Waals surface area (Å²) < 4.78 is 0. The van der Waals surface area contributed by atoms with Crippen LogP contribution < -0.4 is 0 Å². The van der Waals surface area contributed by atoms with Crippen molar-refractivity contribution < 1.29 is 14.4 Å². The van der Waals surface area contributed by atoms with Crippen LogP contribution in [0.2, 0.25) is 0 Å². The van der Waals surface area contributed by atoms with Gasteiger partial charge in [0.25, 0.3) is 0 Å². The van der Waals surface area contributed by atoms with Crippen molar-refractivity contribution >= 4 is 17.3 Å². The number of hydrogen-bond donors (Lipinski definition) is 0. The fraction of sp³-hybridized carbons (Fsp3) is 0.719. The van der Waals surface area contributed by atoms with Gasteiger partial charge in [-0.2, -0.15) is 0 Å². The molecule has 200 valence electrons. The van der Waals surface area contributed by atoms with Crippen LogP contribution in [-0.4, -0.2) is 17.3 Å². The molecule has 3 atom stereocenters. The zero-order valence-corrected chi connectivity index (χ0v) is 24.6. The zero-order chi connectivity index (χ0) is 27.1. The highest BCUT2D eigenvalue weighted by atomic mass is 16.1. The van der Waals surface area contributed by atoms with E-state index in [9.17, 15) is 14.4 Å². The normalized spacial score (nSPS) is 16.2. The molecule has 0 heterocycles. The molecule has 0 N–H and O–H groups in total. The molecule has 1 aliphatic carbocycles. The van der Waals surface area contributed by atoms with Crippen molar-refractivity contribution in [3.63, 3.8) is 0 Å². The van der Waals surface area contributed by atoms with Gasteiger partial charge in [0.1, 0.15) is 11.6 Å². The summed E-state index contributed by atoms with van der Waals surface area (Å²) in [4.78, 5) is 37.4. The van der Waals surface area contributed by atoms with Crippen LogP contribution in [0.1, 0.15) is 139 Å². The van der Waals surface area contributed by atoms with Crippen LogP contribution >= 0.6 is 0 Å². The van der Waals surface area contributed by atoms with Gasteiger partial charge in [0.2, 0.25) is 0 Å². The Morgan fingerprint density at radius 1 is 1.00 bits per heavy atom. The Bertz CT molecular complexity index is 806. The smallest absolute Gasteiger partial charge is 0.163 e. The van der Waals surface area contributed by atoms with E-state index in [0.717, 1.165) is 56.1 Å². The molecule has 0 fully saturated rings. The van der Waals surface area contributed by atoms with Crippen LogP contribution in [0, 0.1) is 31.6 Å². The van der Waals surface area contributed by atoms with Crippen molar-refractivity contribution in [2.45, 2.75) is 133 Å². The third-order valence-electron chi connectivity index (χ3n) is 6.95. The molecule has 0 bridgehead atoms. The molecule has 0 spiro atoms. The summed E-state index contributed by atoms with van der Waals surface area (Å²) in [6.45, 7) is 20.3. The molecule has 0 radical (unpaired) electrons. The number of benzene rings is 1. The highest BCUT2D eigenvalue weighted by Crippen LogP contribution is 2.38. The standard InChI is InChI=1S/C27H40O3.C3H8.C2H6/c1-7-10-21-12-17(4)19(6)27-24(21)15-20(16-26(27)30)14-22(11-8-2)23(9-3)25(29)13-18(5)28;1-3-2;1-2/h12,20,22-23H,7-11,13-16H2,1-6H3;3H2,1-2H3;1-2H3. The SMILES string of the molecule is CC.CCC.CCCc1cc(C)c(C)c2c1CC(CC(CCC)C(CC)C(=O)CC(C)=O)CC2=O. The molecular weight excluding hydrogens is 432 g/mol. The average Bonchev–Trinajstić information content (AvgIpc) is 2.79. The van der Waals surface area contributed by atoms with E-state index in [4.69, 9.17) is 0 Å². The maximum atomic E-state index is 13.2. The number of ketones is 3. The van der Waals surface area contributed by atoms with Gasteiger partial charge >= 0.3 is 0 Å². The van der Waals surface area contributed by atoms with Gasteiger partial charge in [0.15, 0.2) is 5.78 Å². The van der Waals surface area contributed by atoms with E-state index in [1.54, 1.807) is 0 Å². The third kappa shape index (κ3) is 10.0. The molecule has 1 aliphatic rings. The van der Waals surface area contributed by atoms with Gasteiger partial charge in [0.05, 0.1) is 6.42 Å². The fourth-order valence-electron chi connectivity index (χ4n) is 5.52. The molecule has 1 aromatic carbocycles. The molecule has 0 saturated carbocycles. The Kier molecular flexibility index (Phi) is 16.7. The summed E-state index contributed by atoms with van der Waals surface area (Å²) >= 11 is 0. The second-order valence-electron chi connectivity index (χ2n) is 10.1. The number of carbonyl (C=O) groups is 3. The molecule has 3 unspecified atom stereocenters. The molecule has 35 heavy (non-hydrogen) atoms. The number of aryl methyl sites for hydroxylation is 2. The van der Waals surface area contributed by atoms with Crippen LogP contribution in [0.3, 0.4) is 0 Å².